The first kappa shape index (κ1) is 19.4. The van der Waals surface area contributed by atoms with Crippen LogP contribution in [0.3, 0.4) is 0 Å². The Hall–Kier alpha value is -3.34. The molecule has 1 aliphatic rings. The summed E-state index contributed by atoms with van der Waals surface area (Å²) in [7, 11) is 0. The fourth-order valence-electron chi connectivity index (χ4n) is 3.20. The van der Waals surface area contributed by atoms with Crippen molar-refractivity contribution >= 4 is 28.6 Å². The highest BCUT2D eigenvalue weighted by Gasteiger charge is 2.20. The third-order valence-corrected chi connectivity index (χ3v) is 5.52. The molecule has 28 heavy (non-hydrogen) atoms. The Morgan fingerprint density at radius 1 is 0.857 bits per heavy atom. The van der Waals surface area contributed by atoms with Gasteiger partial charge in [-0.2, -0.15) is 0 Å². The molecular weight excluding hydrogens is 350 g/mol. The van der Waals surface area contributed by atoms with Crippen LogP contribution in [-0.2, 0) is 11.2 Å². The van der Waals surface area contributed by atoms with Crippen LogP contribution in [0.1, 0.15) is 27.8 Å². The SMILES string of the molecule is Cc1c(N)ccc(CC2=CC(=Nc3ccc(N)c(C)c3C)C(=O)C=C2O)c1C. The molecule has 0 spiro atoms. The van der Waals surface area contributed by atoms with Crippen LogP contribution >= 0.6 is 0 Å². The molecule has 0 radical (unpaired) electrons. The largest absolute Gasteiger partial charge is 0.508 e. The number of carbonyl (C=O) groups excluding carboxylic acids is 1. The molecule has 1 aliphatic carbocycles. The van der Waals surface area contributed by atoms with Gasteiger partial charge in [0, 0.05) is 29.4 Å². The maximum atomic E-state index is 12.4. The second-order valence-electron chi connectivity index (χ2n) is 7.23. The van der Waals surface area contributed by atoms with Gasteiger partial charge in [-0.3, -0.25) is 4.79 Å². The Morgan fingerprint density at radius 3 is 2.14 bits per heavy atom. The summed E-state index contributed by atoms with van der Waals surface area (Å²) in [6.07, 6.45) is 3.38. The van der Waals surface area contributed by atoms with Crippen molar-refractivity contribution in [2.75, 3.05) is 11.5 Å². The van der Waals surface area contributed by atoms with E-state index in [-0.39, 0.29) is 11.5 Å². The minimum absolute atomic E-state index is 0.0250. The topological polar surface area (TPSA) is 102 Å². The number of benzene rings is 2. The number of ketones is 1. The van der Waals surface area contributed by atoms with Gasteiger partial charge in [0.15, 0.2) is 0 Å². The van der Waals surface area contributed by atoms with Gasteiger partial charge in [-0.05, 0) is 79.8 Å². The van der Waals surface area contributed by atoms with E-state index in [0.717, 1.165) is 33.5 Å². The summed E-state index contributed by atoms with van der Waals surface area (Å²) < 4.78 is 0. The number of aliphatic imine (C=N–C) groups is 1. The van der Waals surface area contributed by atoms with E-state index in [1.165, 1.54) is 6.08 Å². The van der Waals surface area contributed by atoms with E-state index < -0.39 is 0 Å². The summed E-state index contributed by atoms with van der Waals surface area (Å²) in [6.45, 7) is 7.83. The molecule has 0 bridgehead atoms. The van der Waals surface area contributed by atoms with E-state index in [4.69, 9.17) is 11.5 Å². The predicted octanol–water partition coefficient (Wildman–Crippen LogP) is 4.35. The number of carbonyl (C=O) groups is 1. The number of aliphatic hydroxyl groups excluding tert-OH is 1. The number of hydrogen-bond donors (Lipinski definition) is 3. The van der Waals surface area contributed by atoms with Crippen molar-refractivity contribution in [1.29, 1.82) is 0 Å². The zero-order valence-corrected chi connectivity index (χ0v) is 16.6. The van der Waals surface area contributed by atoms with Gasteiger partial charge in [0.05, 0.1) is 5.69 Å². The standard InChI is InChI=1S/C23H25N3O2/c1-12-13(2)18(24)6-5-16(12)9-17-10-21(23(28)11-22(17)27)26-20-8-7-19(25)14(3)15(20)4/h5-8,10-11,27H,9,24-25H2,1-4H3. The van der Waals surface area contributed by atoms with Gasteiger partial charge in [-0.15, -0.1) is 0 Å². The average molecular weight is 375 g/mol. The second-order valence-corrected chi connectivity index (χ2v) is 7.23. The molecule has 0 fully saturated rings. The molecule has 0 aromatic heterocycles. The quantitative estimate of drug-likeness (QED) is 0.548. The fourth-order valence-corrected chi connectivity index (χ4v) is 3.20. The van der Waals surface area contributed by atoms with Crippen LogP contribution in [0.4, 0.5) is 17.1 Å². The molecule has 0 saturated heterocycles. The summed E-state index contributed by atoms with van der Waals surface area (Å²) in [4.78, 5) is 16.9. The van der Waals surface area contributed by atoms with Crippen molar-refractivity contribution in [2.24, 2.45) is 4.99 Å². The first-order valence-electron chi connectivity index (χ1n) is 9.14. The van der Waals surface area contributed by atoms with Gasteiger partial charge in [0.2, 0.25) is 5.78 Å². The van der Waals surface area contributed by atoms with Gasteiger partial charge in [-0.1, -0.05) is 6.07 Å². The van der Waals surface area contributed by atoms with Crippen molar-refractivity contribution in [3.05, 3.63) is 75.6 Å². The Kier molecular flexibility index (Phi) is 5.10. The maximum absolute atomic E-state index is 12.4. The summed E-state index contributed by atoms with van der Waals surface area (Å²) >= 11 is 0. The Labute approximate surface area is 165 Å². The normalized spacial score (nSPS) is 15.6. The lowest BCUT2D eigenvalue weighted by atomic mass is 9.92. The Balaban J connectivity index is 2.01. The van der Waals surface area contributed by atoms with Crippen molar-refractivity contribution < 1.29 is 9.90 Å². The minimum Gasteiger partial charge on any atom is -0.508 e. The Bertz CT molecular complexity index is 1080. The maximum Gasteiger partial charge on any atom is 0.207 e. The average Bonchev–Trinajstić information content (AvgIpc) is 2.66. The van der Waals surface area contributed by atoms with Crippen LogP contribution in [0.25, 0.3) is 0 Å². The fraction of sp³-hybridized carbons (Fsp3) is 0.217. The van der Waals surface area contributed by atoms with E-state index in [1.807, 2.05) is 39.8 Å². The van der Waals surface area contributed by atoms with Crippen molar-refractivity contribution in [1.82, 2.24) is 0 Å². The van der Waals surface area contributed by atoms with Gasteiger partial charge in [0.1, 0.15) is 11.5 Å². The van der Waals surface area contributed by atoms with Gasteiger partial charge < -0.3 is 16.6 Å². The third-order valence-electron chi connectivity index (χ3n) is 5.52. The number of allylic oxidation sites excluding steroid dienone is 3. The second kappa shape index (κ2) is 7.35. The van der Waals surface area contributed by atoms with Crippen LogP contribution in [0.15, 0.2) is 52.7 Å². The third kappa shape index (κ3) is 3.56. The molecular formula is C23H25N3O2. The molecule has 0 unspecified atom stereocenters. The lowest BCUT2D eigenvalue weighted by molar-refractivity contribution is -0.109. The smallest absolute Gasteiger partial charge is 0.207 e. The Morgan fingerprint density at radius 2 is 1.46 bits per heavy atom. The molecule has 0 atom stereocenters. The number of hydrogen-bond acceptors (Lipinski definition) is 5. The van der Waals surface area contributed by atoms with Crippen molar-refractivity contribution in [2.45, 2.75) is 34.1 Å². The van der Waals surface area contributed by atoms with Crippen LogP contribution in [0.5, 0.6) is 0 Å². The number of anilines is 2. The molecule has 0 aliphatic heterocycles. The molecule has 0 saturated carbocycles. The zero-order chi connectivity index (χ0) is 20.6. The van der Waals surface area contributed by atoms with Gasteiger partial charge >= 0.3 is 0 Å². The molecule has 2 aromatic rings. The van der Waals surface area contributed by atoms with Crippen molar-refractivity contribution in [3.8, 4) is 0 Å². The lowest BCUT2D eigenvalue weighted by Crippen LogP contribution is -2.16. The molecule has 0 heterocycles. The monoisotopic (exact) mass is 375 g/mol. The number of aliphatic hydroxyl groups is 1. The summed E-state index contributed by atoms with van der Waals surface area (Å²) in [6, 6.07) is 7.40. The number of nitrogen functional groups attached to an aromatic ring is 2. The van der Waals surface area contributed by atoms with E-state index >= 15 is 0 Å². The van der Waals surface area contributed by atoms with E-state index in [1.54, 1.807) is 18.2 Å². The lowest BCUT2D eigenvalue weighted by Gasteiger charge is -2.16. The zero-order valence-electron chi connectivity index (χ0n) is 16.6. The molecule has 0 amide bonds. The number of nitrogens with two attached hydrogens (primary N) is 2. The highest BCUT2D eigenvalue weighted by Crippen LogP contribution is 2.28. The summed E-state index contributed by atoms with van der Waals surface area (Å²) in [5.41, 5.74) is 20.0. The minimum atomic E-state index is -0.319. The highest BCUT2D eigenvalue weighted by atomic mass is 16.3. The van der Waals surface area contributed by atoms with Crippen LogP contribution in [0, 0.1) is 27.7 Å². The molecule has 5 N–H and O–H groups in total. The number of rotatable bonds is 3. The highest BCUT2D eigenvalue weighted by molar-refractivity contribution is 6.49. The first-order chi connectivity index (χ1) is 13.2. The van der Waals surface area contributed by atoms with Gasteiger partial charge in [-0.25, -0.2) is 4.99 Å². The van der Waals surface area contributed by atoms with Crippen LogP contribution in [0.2, 0.25) is 0 Å². The molecule has 144 valence electrons. The van der Waals surface area contributed by atoms with E-state index in [0.29, 0.717) is 29.1 Å². The van der Waals surface area contributed by atoms with Crippen LogP contribution < -0.4 is 11.5 Å². The molecule has 5 heteroatoms. The summed E-state index contributed by atoms with van der Waals surface area (Å²) in [5.74, 6) is -0.344. The van der Waals surface area contributed by atoms with E-state index in [9.17, 15) is 9.90 Å². The molecule has 2 aromatic carbocycles. The summed E-state index contributed by atoms with van der Waals surface area (Å²) in [5, 5.41) is 10.3. The van der Waals surface area contributed by atoms with Crippen LogP contribution in [-0.4, -0.2) is 16.6 Å². The molecule has 3 rings (SSSR count). The molecule has 5 nitrogen and oxygen atoms in total. The first-order valence-corrected chi connectivity index (χ1v) is 9.14. The predicted molar refractivity (Wildman–Crippen MR) is 115 cm³/mol. The number of nitrogens with zero attached hydrogens (tertiary/aromatic N) is 1. The van der Waals surface area contributed by atoms with E-state index in [2.05, 4.69) is 4.99 Å². The van der Waals surface area contributed by atoms with Gasteiger partial charge in [0.25, 0.3) is 0 Å². The van der Waals surface area contributed by atoms with Crippen molar-refractivity contribution in [3.63, 3.8) is 0 Å².